The minimum atomic E-state index is -1.94. The highest BCUT2D eigenvalue weighted by atomic mass is 16.7. The first-order valence-corrected chi connectivity index (χ1v) is 9.27. The molecule has 3 aromatic rings. The lowest BCUT2D eigenvalue weighted by Gasteiger charge is -2.30. The maximum atomic E-state index is 13.1. The molecule has 29 heavy (non-hydrogen) atoms. The summed E-state index contributed by atoms with van der Waals surface area (Å²) in [6.07, 6.45) is 0.0518. The van der Waals surface area contributed by atoms with E-state index in [0.717, 1.165) is 10.9 Å². The average molecular weight is 393 g/mol. The summed E-state index contributed by atoms with van der Waals surface area (Å²) in [7, 11) is 0. The maximum absolute atomic E-state index is 13.1. The van der Waals surface area contributed by atoms with E-state index in [4.69, 9.17) is 19.2 Å². The molecule has 0 bridgehead atoms. The first-order chi connectivity index (χ1) is 14.0. The van der Waals surface area contributed by atoms with Gasteiger partial charge in [0.25, 0.3) is 5.56 Å². The minimum Gasteiger partial charge on any atom is -0.458 e. The molecule has 0 spiro atoms. The van der Waals surface area contributed by atoms with Crippen LogP contribution in [0.1, 0.15) is 30.2 Å². The van der Waals surface area contributed by atoms with Crippen LogP contribution < -0.4 is 15.0 Å². The zero-order valence-corrected chi connectivity index (χ0v) is 15.4. The van der Waals surface area contributed by atoms with E-state index in [1.807, 2.05) is 12.1 Å². The Morgan fingerprint density at radius 2 is 1.93 bits per heavy atom. The highest BCUT2D eigenvalue weighted by molar-refractivity contribution is 5.87. The molecule has 1 atom stereocenters. The van der Waals surface area contributed by atoms with Gasteiger partial charge in [-0.15, -0.1) is 0 Å². The van der Waals surface area contributed by atoms with Crippen LogP contribution in [-0.4, -0.2) is 32.4 Å². The number of rotatable bonds is 1. The second-order valence-corrected chi connectivity index (χ2v) is 7.34. The summed E-state index contributed by atoms with van der Waals surface area (Å²) >= 11 is 0. The fourth-order valence-corrected chi connectivity index (χ4v) is 4.15. The highest BCUT2D eigenvalue weighted by Gasteiger charge is 2.47. The normalized spacial score (nSPS) is 21.0. The van der Waals surface area contributed by atoms with Crippen molar-refractivity contribution in [2.45, 2.75) is 32.1 Å². The Hall–Kier alpha value is -3.46. The van der Waals surface area contributed by atoms with Crippen LogP contribution in [0.15, 0.2) is 23.0 Å². The third-order valence-electron chi connectivity index (χ3n) is 5.78. The van der Waals surface area contributed by atoms with Gasteiger partial charge in [0.2, 0.25) is 12.4 Å². The lowest BCUT2D eigenvalue weighted by molar-refractivity contribution is -0.172. The predicted octanol–water partition coefficient (Wildman–Crippen LogP) is 1.20. The number of esters is 1. The zero-order chi connectivity index (χ0) is 19.9. The van der Waals surface area contributed by atoms with Gasteiger partial charge in [0.05, 0.1) is 23.3 Å². The molecule has 146 valence electrons. The molecule has 0 unspecified atom stereocenters. The largest absolute Gasteiger partial charge is 0.458 e. The van der Waals surface area contributed by atoms with E-state index >= 15 is 0 Å². The van der Waals surface area contributed by atoms with Crippen molar-refractivity contribution in [3.8, 4) is 23.0 Å². The summed E-state index contributed by atoms with van der Waals surface area (Å²) in [5.74, 6) is 0.817. The van der Waals surface area contributed by atoms with Crippen molar-refractivity contribution in [1.82, 2.24) is 14.5 Å². The molecule has 9 heteroatoms. The molecule has 3 aliphatic rings. The molecule has 3 aliphatic heterocycles. The smallest absolute Gasteiger partial charge is 0.344 e. The Bertz CT molecular complexity index is 1310. The molecule has 5 heterocycles. The molecule has 0 radical (unpaired) electrons. The monoisotopic (exact) mass is 393 g/mol. The van der Waals surface area contributed by atoms with E-state index < -0.39 is 11.6 Å². The van der Waals surface area contributed by atoms with Gasteiger partial charge in [0.1, 0.15) is 12.3 Å². The van der Waals surface area contributed by atoms with Crippen LogP contribution >= 0.6 is 0 Å². The number of nitrogens with zero attached hydrogens (tertiary/aromatic N) is 3. The Morgan fingerprint density at radius 1 is 1.14 bits per heavy atom. The van der Waals surface area contributed by atoms with E-state index in [1.165, 1.54) is 4.57 Å². The molecule has 2 aromatic heterocycles. The molecule has 0 fully saturated rings. The van der Waals surface area contributed by atoms with Gasteiger partial charge < -0.3 is 19.3 Å². The van der Waals surface area contributed by atoms with Gasteiger partial charge in [-0.3, -0.25) is 9.36 Å². The van der Waals surface area contributed by atoms with Crippen LogP contribution in [0, 0.1) is 0 Å². The van der Waals surface area contributed by atoms with Crippen molar-refractivity contribution in [1.29, 1.82) is 0 Å². The van der Waals surface area contributed by atoms with Gasteiger partial charge in [-0.2, -0.15) is 0 Å². The summed E-state index contributed by atoms with van der Waals surface area (Å²) in [4.78, 5) is 34.5. The minimum absolute atomic E-state index is 0.0518. The van der Waals surface area contributed by atoms with Crippen molar-refractivity contribution >= 4 is 16.9 Å². The molecule has 0 amide bonds. The maximum Gasteiger partial charge on any atom is 0.344 e. The summed E-state index contributed by atoms with van der Waals surface area (Å²) in [6.45, 7) is 1.92. The van der Waals surface area contributed by atoms with E-state index in [1.54, 1.807) is 13.0 Å². The number of aliphatic hydroxyl groups is 1. The number of ether oxygens (including phenoxy) is 3. The fourth-order valence-electron chi connectivity index (χ4n) is 4.15. The molecule has 1 aromatic carbocycles. The first-order valence-electron chi connectivity index (χ1n) is 9.27. The highest BCUT2D eigenvalue weighted by Crippen LogP contribution is 2.39. The number of fused-ring (bicyclic) bond motifs is 6. The topological polar surface area (TPSA) is 113 Å². The molecule has 6 rings (SSSR count). The van der Waals surface area contributed by atoms with E-state index in [9.17, 15) is 14.7 Å². The lowest BCUT2D eigenvalue weighted by Crippen LogP contribution is -2.45. The second kappa shape index (κ2) is 5.32. The van der Waals surface area contributed by atoms with E-state index in [0.29, 0.717) is 35.1 Å². The molecule has 0 aliphatic carbocycles. The zero-order valence-electron chi connectivity index (χ0n) is 15.4. The molecular weight excluding hydrogens is 378 g/mol. The Balaban J connectivity index is 1.61. The first kappa shape index (κ1) is 16.5. The van der Waals surface area contributed by atoms with Crippen LogP contribution in [0.5, 0.6) is 11.5 Å². The van der Waals surface area contributed by atoms with Crippen LogP contribution in [0.3, 0.4) is 0 Å². The van der Waals surface area contributed by atoms with Gasteiger partial charge >= 0.3 is 5.97 Å². The number of hydrogen-bond donors (Lipinski definition) is 1. The number of carbonyl (C=O) groups is 1. The standard InChI is InChI=1S/C20H15N3O6/c1-2-20(26)16-11(7-27-19(20)25)18(24)23-6-10-3-9-4-13-14(29-8-28-13)5-12(9)21-15(10)17(23)22-16/h3-5,26H,2,6-8H2,1H3/t20-/m0/s1. The van der Waals surface area contributed by atoms with Gasteiger partial charge in [0.15, 0.2) is 17.3 Å². The number of carbonyl (C=O) groups excluding carboxylic acids is 1. The van der Waals surface area contributed by atoms with Gasteiger partial charge in [-0.25, -0.2) is 14.8 Å². The molecular formula is C20H15N3O6. The third kappa shape index (κ3) is 2.02. The molecule has 0 saturated heterocycles. The second-order valence-electron chi connectivity index (χ2n) is 7.34. The number of hydrogen-bond acceptors (Lipinski definition) is 8. The number of cyclic esters (lactones) is 1. The van der Waals surface area contributed by atoms with Crippen molar-refractivity contribution < 1.29 is 24.1 Å². The number of pyridine rings is 1. The Morgan fingerprint density at radius 3 is 2.72 bits per heavy atom. The Kier molecular flexibility index (Phi) is 3.03. The molecule has 1 N–H and O–H groups in total. The van der Waals surface area contributed by atoms with Gasteiger partial charge in [0, 0.05) is 17.0 Å². The van der Waals surface area contributed by atoms with E-state index in [2.05, 4.69) is 4.98 Å². The number of benzene rings is 1. The van der Waals surface area contributed by atoms with Crippen molar-refractivity contribution in [3.63, 3.8) is 0 Å². The molecule has 0 saturated carbocycles. The molecule has 9 nitrogen and oxygen atoms in total. The number of aromatic nitrogens is 3. The SMILES string of the molecule is CC[C@@]1(O)C(=O)OCc2c1nc1n(c2=O)Cc2cc3cc4c(cc3nc2-1)OCO4. The Labute approximate surface area is 163 Å². The summed E-state index contributed by atoms with van der Waals surface area (Å²) in [5.41, 5.74) is 0.0562. The fraction of sp³-hybridized carbons (Fsp3) is 0.300. The lowest BCUT2D eigenvalue weighted by atomic mass is 9.91. The van der Waals surface area contributed by atoms with Crippen LogP contribution in [0.4, 0.5) is 0 Å². The summed E-state index contributed by atoms with van der Waals surface area (Å²) in [5, 5.41) is 11.7. The van der Waals surface area contributed by atoms with Crippen LogP contribution in [0.2, 0.25) is 0 Å². The summed E-state index contributed by atoms with van der Waals surface area (Å²) < 4.78 is 17.4. The van der Waals surface area contributed by atoms with Crippen molar-refractivity contribution in [2.24, 2.45) is 0 Å². The summed E-state index contributed by atoms with van der Waals surface area (Å²) in [6, 6.07) is 5.59. The predicted molar refractivity (Wildman–Crippen MR) is 98.4 cm³/mol. The van der Waals surface area contributed by atoms with Crippen LogP contribution in [-0.2, 0) is 28.3 Å². The van der Waals surface area contributed by atoms with E-state index in [-0.39, 0.29) is 36.6 Å². The third-order valence-corrected chi connectivity index (χ3v) is 5.78. The van der Waals surface area contributed by atoms with Gasteiger partial charge in [-0.05, 0) is 18.6 Å². The van der Waals surface area contributed by atoms with Crippen molar-refractivity contribution in [2.75, 3.05) is 6.79 Å². The van der Waals surface area contributed by atoms with Gasteiger partial charge in [-0.1, -0.05) is 6.92 Å². The van der Waals surface area contributed by atoms with Crippen molar-refractivity contribution in [3.05, 3.63) is 45.4 Å². The average Bonchev–Trinajstić information content (AvgIpc) is 3.32. The van der Waals surface area contributed by atoms with Crippen LogP contribution in [0.25, 0.3) is 22.4 Å². The quantitative estimate of drug-likeness (QED) is 0.480.